The van der Waals surface area contributed by atoms with E-state index in [9.17, 15) is 10.1 Å². The molecule has 1 aromatic rings. The number of hydrogen-bond acceptors (Lipinski definition) is 3. The molecule has 1 aromatic carbocycles. The Bertz CT molecular complexity index is 627. The van der Waals surface area contributed by atoms with Gasteiger partial charge in [0.05, 0.1) is 12.2 Å². The summed E-state index contributed by atoms with van der Waals surface area (Å²) in [5, 5.41) is 9.34. The summed E-state index contributed by atoms with van der Waals surface area (Å²) in [5.74, 6) is 0.101. The normalized spacial score (nSPS) is 25.1. The second-order valence-corrected chi connectivity index (χ2v) is 14.0. The van der Waals surface area contributed by atoms with E-state index in [1.54, 1.807) is 0 Å². The van der Waals surface area contributed by atoms with Gasteiger partial charge in [0.2, 0.25) is 0 Å². The molecule has 130 valence electrons. The molecule has 1 aliphatic rings. The number of ether oxygens (including phenoxy) is 1. The minimum absolute atomic E-state index is 0.0636. The third-order valence-electron chi connectivity index (χ3n) is 6.00. The lowest BCUT2D eigenvalue weighted by atomic mass is 9.97. The van der Waals surface area contributed by atoms with E-state index < -0.39 is 13.3 Å². The highest BCUT2D eigenvalue weighted by Gasteiger charge is 2.56. The highest BCUT2D eigenvalue weighted by molar-refractivity contribution is 6.83. The monoisotopic (exact) mass is 343 g/mol. The van der Waals surface area contributed by atoms with E-state index in [1.807, 2.05) is 30.3 Å². The molecule has 0 saturated carbocycles. The Hall–Kier alpha value is -1.44. The largest absolute Gasteiger partial charge is 0.360 e. The molecule has 2 rings (SSSR count). The number of benzene rings is 1. The van der Waals surface area contributed by atoms with Gasteiger partial charge >= 0.3 is 0 Å². The maximum Gasteiger partial charge on any atom is 0.165 e. The van der Waals surface area contributed by atoms with Gasteiger partial charge in [0, 0.05) is 12.0 Å². The Morgan fingerprint density at radius 3 is 2.50 bits per heavy atom. The van der Waals surface area contributed by atoms with E-state index in [2.05, 4.69) is 39.9 Å². The fourth-order valence-corrected chi connectivity index (χ4v) is 6.12. The Labute approximate surface area is 147 Å². The van der Waals surface area contributed by atoms with E-state index in [0.29, 0.717) is 6.42 Å². The molecular formula is C20H29NO2Si. The van der Waals surface area contributed by atoms with Crippen LogP contribution in [0.2, 0.25) is 18.1 Å². The van der Waals surface area contributed by atoms with Crippen LogP contribution in [0.25, 0.3) is 0 Å². The van der Waals surface area contributed by atoms with E-state index in [1.165, 1.54) is 0 Å². The molecule has 0 N–H and O–H groups in total. The Balaban J connectivity index is 2.19. The summed E-state index contributed by atoms with van der Waals surface area (Å²) in [6, 6.07) is 11.9. The molecule has 3 nitrogen and oxygen atoms in total. The summed E-state index contributed by atoms with van der Waals surface area (Å²) < 4.78 is 6.39. The van der Waals surface area contributed by atoms with Gasteiger partial charge in [-0.25, -0.2) is 0 Å². The summed E-state index contributed by atoms with van der Waals surface area (Å²) in [5.41, 5.74) is 0.724. The fourth-order valence-electron chi connectivity index (χ4n) is 3.36. The van der Waals surface area contributed by atoms with E-state index in [0.717, 1.165) is 24.8 Å². The predicted molar refractivity (Wildman–Crippen MR) is 99.7 cm³/mol. The van der Waals surface area contributed by atoms with Gasteiger partial charge in [-0.3, -0.25) is 4.79 Å². The first-order chi connectivity index (χ1) is 11.1. The van der Waals surface area contributed by atoms with Gasteiger partial charge in [0.15, 0.2) is 5.78 Å². The van der Waals surface area contributed by atoms with Gasteiger partial charge in [-0.2, -0.15) is 5.26 Å². The van der Waals surface area contributed by atoms with Gasteiger partial charge in [-0.1, -0.05) is 64.2 Å². The average Bonchev–Trinajstić information content (AvgIpc) is 2.54. The summed E-state index contributed by atoms with van der Waals surface area (Å²) >= 11 is 0. The number of Topliss-reactive ketones (excluding diaryl/α,β-unsaturated/α-hetero) is 1. The summed E-state index contributed by atoms with van der Waals surface area (Å²) in [6.07, 6.45) is 2.81. The van der Waals surface area contributed by atoms with Crippen LogP contribution in [0.5, 0.6) is 0 Å². The maximum absolute atomic E-state index is 12.5. The lowest BCUT2D eigenvalue weighted by Crippen LogP contribution is -2.63. The molecule has 1 saturated heterocycles. The number of nitrogens with zero attached hydrogens (tertiary/aromatic N) is 1. The van der Waals surface area contributed by atoms with Crippen molar-refractivity contribution in [2.24, 2.45) is 0 Å². The predicted octanol–water partition coefficient (Wildman–Crippen LogP) is 5.14. The first kappa shape index (κ1) is 18.9. The van der Waals surface area contributed by atoms with E-state index in [-0.39, 0.29) is 16.9 Å². The molecule has 0 amide bonds. The van der Waals surface area contributed by atoms with Crippen LogP contribution in [-0.4, -0.2) is 25.2 Å². The minimum atomic E-state index is -2.02. The molecular weight excluding hydrogens is 314 g/mol. The third-order valence-corrected chi connectivity index (χ3v) is 12.2. The first-order valence-electron chi connectivity index (χ1n) is 8.80. The number of hydrogen-bond donors (Lipinski definition) is 0. The molecule has 0 spiro atoms. The van der Waals surface area contributed by atoms with Crippen molar-refractivity contribution in [1.82, 2.24) is 0 Å². The van der Waals surface area contributed by atoms with Crippen LogP contribution in [0.3, 0.4) is 0 Å². The van der Waals surface area contributed by atoms with Crippen LogP contribution in [0, 0.1) is 11.3 Å². The van der Waals surface area contributed by atoms with Gasteiger partial charge in [0.1, 0.15) is 13.3 Å². The molecule has 2 atom stereocenters. The number of nitriles is 1. The van der Waals surface area contributed by atoms with Crippen molar-refractivity contribution in [3.8, 4) is 6.07 Å². The zero-order chi connectivity index (χ0) is 18.0. The smallest absolute Gasteiger partial charge is 0.165 e. The van der Waals surface area contributed by atoms with Gasteiger partial charge < -0.3 is 4.74 Å². The van der Waals surface area contributed by atoms with Crippen LogP contribution < -0.4 is 0 Å². The quantitative estimate of drug-likeness (QED) is 0.562. The van der Waals surface area contributed by atoms with Crippen molar-refractivity contribution in [3.05, 3.63) is 35.9 Å². The Kier molecular flexibility index (Phi) is 5.36. The second kappa shape index (κ2) is 6.82. The number of ketones is 1. The number of rotatable bonds is 4. The lowest BCUT2D eigenvalue weighted by molar-refractivity contribution is -0.0546. The molecule has 0 aromatic heterocycles. The Morgan fingerprint density at radius 2 is 1.96 bits per heavy atom. The average molecular weight is 344 g/mol. The summed E-state index contributed by atoms with van der Waals surface area (Å²) in [4.78, 5) is 12.5. The molecule has 1 fully saturated rings. The van der Waals surface area contributed by atoms with Crippen molar-refractivity contribution in [3.63, 3.8) is 0 Å². The standard InChI is InChI=1S/C20H29NO2Si/c1-19(2,3)24(4,5)20(15-21)13-9-12-17(23-20)14-18(22)16-10-7-6-8-11-16/h6-8,10-11,17H,9,12-14H2,1-5H3/t17-,20+/m1/s1. The second-order valence-electron chi connectivity index (χ2n) is 8.44. The van der Waals surface area contributed by atoms with Crippen LogP contribution in [0.1, 0.15) is 56.8 Å². The van der Waals surface area contributed by atoms with Crippen molar-refractivity contribution in [2.75, 3.05) is 0 Å². The number of carbonyl (C=O) groups excluding carboxylic acids is 1. The molecule has 1 aliphatic heterocycles. The minimum Gasteiger partial charge on any atom is -0.360 e. The van der Waals surface area contributed by atoms with E-state index >= 15 is 0 Å². The van der Waals surface area contributed by atoms with E-state index in [4.69, 9.17) is 4.74 Å². The van der Waals surface area contributed by atoms with Crippen LogP contribution in [-0.2, 0) is 4.74 Å². The molecule has 24 heavy (non-hydrogen) atoms. The summed E-state index contributed by atoms with van der Waals surface area (Å²) in [6.45, 7) is 11.1. The molecule has 0 bridgehead atoms. The van der Waals surface area contributed by atoms with Crippen molar-refractivity contribution in [2.45, 2.75) is 75.9 Å². The topological polar surface area (TPSA) is 50.1 Å². The number of carbonyl (C=O) groups is 1. The van der Waals surface area contributed by atoms with Crippen molar-refractivity contribution >= 4 is 13.9 Å². The van der Waals surface area contributed by atoms with Crippen molar-refractivity contribution in [1.29, 1.82) is 5.26 Å². The van der Waals surface area contributed by atoms with Gasteiger partial charge in [-0.15, -0.1) is 0 Å². The SMILES string of the molecule is CC(C)(C)[Si](C)(C)[C@]1(C#N)CCC[C@H](CC(=O)c2ccccc2)O1. The maximum atomic E-state index is 12.5. The van der Waals surface area contributed by atoms with Gasteiger partial charge in [-0.05, 0) is 24.3 Å². The Morgan fingerprint density at radius 1 is 1.33 bits per heavy atom. The first-order valence-corrected chi connectivity index (χ1v) is 11.8. The molecule has 0 radical (unpaired) electrons. The van der Waals surface area contributed by atoms with Crippen LogP contribution >= 0.6 is 0 Å². The zero-order valence-corrected chi connectivity index (χ0v) is 16.6. The molecule has 0 unspecified atom stereocenters. The lowest BCUT2D eigenvalue weighted by Gasteiger charge is -2.51. The fraction of sp³-hybridized carbons (Fsp3) is 0.600. The zero-order valence-electron chi connectivity index (χ0n) is 15.6. The van der Waals surface area contributed by atoms with Crippen LogP contribution in [0.15, 0.2) is 30.3 Å². The highest BCUT2D eigenvalue weighted by Crippen LogP contribution is 2.48. The molecule has 0 aliphatic carbocycles. The van der Waals surface area contributed by atoms with Gasteiger partial charge in [0.25, 0.3) is 0 Å². The summed E-state index contributed by atoms with van der Waals surface area (Å²) in [7, 11) is -2.02. The molecule has 1 heterocycles. The highest BCUT2D eigenvalue weighted by atomic mass is 28.3. The third kappa shape index (κ3) is 3.48. The van der Waals surface area contributed by atoms with Crippen LogP contribution in [0.4, 0.5) is 0 Å². The van der Waals surface area contributed by atoms with Crippen molar-refractivity contribution < 1.29 is 9.53 Å². The molecule has 4 heteroatoms.